The molecule has 0 bridgehead atoms. The average Bonchev–Trinajstić information content (AvgIpc) is 3.25. The average molecular weight is 489 g/mol. The van der Waals surface area contributed by atoms with Crippen molar-refractivity contribution in [1.29, 1.82) is 0 Å². The number of piperidine rings is 1. The van der Waals surface area contributed by atoms with E-state index in [-0.39, 0.29) is 17.8 Å². The van der Waals surface area contributed by atoms with Gasteiger partial charge >= 0.3 is 12.4 Å². The lowest BCUT2D eigenvalue weighted by Crippen LogP contribution is -2.38. The summed E-state index contributed by atoms with van der Waals surface area (Å²) in [6.45, 7) is 4.15. The Bertz CT molecular complexity index is 989. The van der Waals surface area contributed by atoms with E-state index in [9.17, 15) is 31.1 Å². The number of carbonyl (C=O) groups is 1. The SMILES string of the molecule is CCC/C(=C/n1cnc(-c2cc(C(F)(F)F)cc(C(F)(F)F)c2)n1)C(=O)NCC1CCCNC1. The third-order valence-electron chi connectivity index (χ3n) is 5.40. The Kier molecular flexibility index (Phi) is 8.01. The first-order valence-electron chi connectivity index (χ1n) is 10.9. The standard InChI is InChI=1S/C22H25F6N5O/c1-2-4-15(20(34)30-11-14-5-3-6-29-10-14)12-33-13-31-19(32-33)16-7-17(21(23,24)25)9-18(8-16)22(26,27)28/h7-9,12-14,29H,2-6,10-11H2,1H3,(H,30,34)/b15-12-. The minimum atomic E-state index is -4.97. The molecule has 0 saturated carbocycles. The van der Waals surface area contributed by atoms with Gasteiger partial charge in [0.25, 0.3) is 0 Å². The number of nitrogens with one attached hydrogen (secondary N) is 2. The Morgan fingerprint density at radius 3 is 2.41 bits per heavy atom. The van der Waals surface area contributed by atoms with E-state index in [4.69, 9.17) is 0 Å². The maximum atomic E-state index is 13.1. The Balaban J connectivity index is 1.84. The van der Waals surface area contributed by atoms with Crippen molar-refractivity contribution in [3.05, 3.63) is 41.2 Å². The van der Waals surface area contributed by atoms with Crippen molar-refractivity contribution < 1.29 is 31.1 Å². The predicted octanol–water partition coefficient (Wildman–Crippen LogP) is 4.74. The number of carbonyl (C=O) groups excluding carboxylic acids is 1. The molecule has 12 heteroatoms. The fourth-order valence-electron chi connectivity index (χ4n) is 3.67. The zero-order chi connectivity index (χ0) is 24.9. The van der Waals surface area contributed by atoms with Gasteiger partial charge in [0.05, 0.1) is 11.1 Å². The molecule has 0 radical (unpaired) electrons. The lowest BCUT2D eigenvalue weighted by Gasteiger charge is -2.23. The molecule has 2 aromatic rings. The molecule has 34 heavy (non-hydrogen) atoms. The molecule has 2 N–H and O–H groups in total. The van der Waals surface area contributed by atoms with Gasteiger partial charge in [-0.25, -0.2) is 9.67 Å². The zero-order valence-electron chi connectivity index (χ0n) is 18.4. The summed E-state index contributed by atoms with van der Waals surface area (Å²) < 4.78 is 80.0. The molecule has 186 valence electrons. The minimum absolute atomic E-state index is 0.0475. The lowest BCUT2D eigenvalue weighted by atomic mass is 9.99. The van der Waals surface area contributed by atoms with Gasteiger partial charge in [0.1, 0.15) is 6.33 Å². The molecule has 1 amide bonds. The van der Waals surface area contributed by atoms with Crippen molar-refractivity contribution in [3.8, 4) is 11.4 Å². The normalized spacial score (nSPS) is 17.6. The lowest BCUT2D eigenvalue weighted by molar-refractivity contribution is -0.143. The van der Waals surface area contributed by atoms with Crippen LogP contribution in [0.3, 0.4) is 0 Å². The summed E-state index contributed by atoms with van der Waals surface area (Å²) >= 11 is 0. The number of halogens is 6. The number of alkyl halides is 6. The van der Waals surface area contributed by atoms with Gasteiger partial charge in [0, 0.05) is 23.9 Å². The largest absolute Gasteiger partial charge is 0.416 e. The Morgan fingerprint density at radius 1 is 1.18 bits per heavy atom. The first-order chi connectivity index (χ1) is 16.0. The van der Waals surface area contributed by atoms with Crippen molar-refractivity contribution in [2.45, 2.75) is 45.0 Å². The topological polar surface area (TPSA) is 71.8 Å². The fourth-order valence-corrected chi connectivity index (χ4v) is 3.67. The molecule has 3 rings (SSSR count). The van der Waals surface area contributed by atoms with Crippen LogP contribution in [0.1, 0.15) is 43.7 Å². The first-order valence-corrected chi connectivity index (χ1v) is 10.9. The van der Waals surface area contributed by atoms with Crippen molar-refractivity contribution in [1.82, 2.24) is 25.4 Å². The summed E-state index contributed by atoms with van der Waals surface area (Å²) in [6.07, 6.45) is -4.34. The highest BCUT2D eigenvalue weighted by atomic mass is 19.4. The van der Waals surface area contributed by atoms with Gasteiger partial charge in [-0.15, -0.1) is 5.10 Å². The van der Waals surface area contributed by atoms with Crippen LogP contribution in [0.15, 0.2) is 30.1 Å². The molecule has 1 unspecified atom stereocenters. The van der Waals surface area contributed by atoms with Gasteiger partial charge in [0.2, 0.25) is 5.91 Å². The number of amides is 1. The van der Waals surface area contributed by atoms with Gasteiger partial charge < -0.3 is 10.6 Å². The van der Waals surface area contributed by atoms with Crippen LogP contribution in [-0.2, 0) is 17.1 Å². The second-order valence-corrected chi connectivity index (χ2v) is 8.17. The van der Waals surface area contributed by atoms with Gasteiger partial charge in [-0.3, -0.25) is 4.79 Å². The van der Waals surface area contributed by atoms with Gasteiger partial charge in [-0.1, -0.05) is 13.3 Å². The van der Waals surface area contributed by atoms with E-state index in [1.165, 1.54) is 6.20 Å². The second kappa shape index (κ2) is 10.6. The van der Waals surface area contributed by atoms with Gasteiger partial charge in [-0.05, 0) is 56.5 Å². The van der Waals surface area contributed by atoms with Gasteiger partial charge in [0.15, 0.2) is 5.82 Å². The number of hydrogen-bond acceptors (Lipinski definition) is 4. The van der Waals surface area contributed by atoms with Crippen LogP contribution in [-0.4, -0.2) is 40.3 Å². The Hall–Kier alpha value is -2.89. The first kappa shape index (κ1) is 25.7. The van der Waals surface area contributed by atoms with Crippen molar-refractivity contribution in [2.24, 2.45) is 5.92 Å². The summed E-state index contributed by atoms with van der Waals surface area (Å²) in [5, 5.41) is 10.1. The molecule has 2 heterocycles. The molecule has 0 spiro atoms. The molecular formula is C22H25F6N5O. The maximum Gasteiger partial charge on any atom is 0.416 e. The van der Waals surface area contributed by atoms with Crippen molar-refractivity contribution >= 4 is 12.1 Å². The Labute approximate surface area is 192 Å². The molecule has 1 saturated heterocycles. The van der Waals surface area contributed by atoms with Crippen LogP contribution in [0.5, 0.6) is 0 Å². The molecule has 6 nitrogen and oxygen atoms in total. The molecule has 1 fully saturated rings. The van der Waals surface area contributed by atoms with E-state index >= 15 is 0 Å². The van der Waals surface area contributed by atoms with Crippen LogP contribution in [0.2, 0.25) is 0 Å². The number of benzene rings is 1. The van der Waals surface area contributed by atoms with E-state index in [0.29, 0.717) is 43.0 Å². The predicted molar refractivity (Wildman–Crippen MR) is 113 cm³/mol. The molecule has 1 aromatic carbocycles. The van der Waals surface area contributed by atoms with E-state index < -0.39 is 29.0 Å². The number of nitrogens with zero attached hydrogens (tertiary/aromatic N) is 3. The monoisotopic (exact) mass is 489 g/mol. The second-order valence-electron chi connectivity index (χ2n) is 8.17. The van der Waals surface area contributed by atoms with E-state index in [1.54, 1.807) is 0 Å². The van der Waals surface area contributed by atoms with E-state index in [0.717, 1.165) is 36.9 Å². The van der Waals surface area contributed by atoms with Crippen LogP contribution < -0.4 is 10.6 Å². The van der Waals surface area contributed by atoms with Crippen molar-refractivity contribution in [3.63, 3.8) is 0 Å². The van der Waals surface area contributed by atoms with Gasteiger partial charge in [-0.2, -0.15) is 26.3 Å². The number of rotatable bonds is 7. The zero-order valence-corrected chi connectivity index (χ0v) is 18.4. The smallest absolute Gasteiger partial charge is 0.352 e. The molecule has 1 aliphatic rings. The summed E-state index contributed by atoms with van der Waals surface area (Å²) in [5.74, 6) is -0.303. The molecule has 0 aliphatic carbocycles. The third-order valence-corrected chi connectivity index (χ3v) is 5.40. The molecular weight excluding hydrogens is 464 g/mol. The van der Waals surface area contributed by atoms with Crippen LogP contribution in [0.4, 0.5) is 26.3 Å². The van der Waals surface area contributed by atoms with E-state index in [1.807, 2.05) is 6.92 Å². The Morgan fingerprint density at radius 2 is 1.85 bits per heavy atom. The summed E-state index contributed by atoms with van der Waals surface area (Å²) in [6, 6.07) is 1.18. The van der Waals surface area contributed by atoms with E-state index in [2.05, 4.69) is 20.7 Å². The summed E-state index contributed by atoms with van der Waals surface area (Å²) in [7, 11) is 0. The van der Waals surface area contributed by atoms with Crippen LogP contribution in [0.25, 0.3) is 17.6 Å². The highest BCUT2D eigenvalue weighted by Crippen LogP contribution is 2.38. The molecule has 1 aliphatic heterocycles. The summed E-state index contributed by atoms with van der Waals surface area (Å²) in [4.78, 5) is 16.5. The molecule has 1 aromatic heterocycles. The van der Waals surface area contributed by atoms with Crippen LogP contribution >= 0.6 is 0 Å². The van der Waals surface area contributed by atoms with Crippen molar-refractivity contribution in [2.75, 3.05) is 19.6 Å². The summed E-state index contributed by atoms with van der Waals surface area (Å²) in [5.41, 5.74) is -2.96. The fraction of sp³-hybridized carbons (Fsp3) is 0.500. The number of hydrogen-bond donors (Lipinski definition) is 2. The quantitative estimate of drug-likeness (QED) is 0.436. The van der Waals surface area contributed by atoms with Crippen LogP contribution in [0, 0.1) is 5.92 Å². The highest BCUT2D eigenvalue weighted by molar-refractivity contribution is 5.96. The third kappa shape index (κ3) is 6.81. The molecule has 1 atom stereocenters. The highest BCUT2D eigenvalue weighted by Gasteiger charge is 2.37. The number of aromatic nitrogens is 3. The maximum absolute atomic E-state index is 13.1. The minimum Gasteiger partial charge on any atom is -0.352 e.